The maximum absolute atomic E-state index is 8.78. The summed E-state index contributed by atoms with van der Waals surface area (Å²) in [6, 6.07) is 20.4. The van der Waals surface area contributed by atoms with E-state index in [2.05, 4.69) is 55.1 Å². The molecule has 0 amide bonds. The molecule has 6 nitrogen and oxygen atoms in total. The molecule has 2 aromatic carbocycles. The quantitative estimate of drug-likeness (QED) is 0.286. The van der Waals surface area contributed by atoms with Crippen molar-refractivity contribution in [1.29, 1.82) is 10.8 Å². The molecule has 1 aromatic heterocycles. The number of aliphatic hydroxyl groups excluding tert-OH is 1. The number of aromatic nitrogens is 1. The van der Waals surface area contributed by atoms with Gasteiger partial charge in [-0.2, -0.15) is 0 Å². The van der Waals surface area contributed by atoms with Crippen molar-refractivity contribution in [2.75, 3.05) is 18.6 Å². The van der Waals surface area contributed by atoms with Crippen molar-refractivity contribution in [3.63, 3.8) is 0 Å². The first-order valence-electron chi connectivity index (χ1n) is 11.4. The number of methoxy groups -OCH3 is 1. The van der Waals surface area contributed by atoms with E-state index in [-0.39, 0.29) is 28.1 Å². The monoisotopic (exact) mass is 517 g/mol. The normalized spacial score (nSPS) is 17.2. The van der Waals surface area contributed by atoms with Gasteiger partial charge in [-0.25, -0.2) is 0 Å². The van der Waals surface area contributed by atoms with Gasteiger partial charge in [0.25, 0.3) is 0 Å². The van der Waals surface area contributed by atoms with Crippen LogP contribution in [0.25, 0.3) is 0 Å². The van der Waals surface area contributed by atoms with Crippen LogP contribution in [0.4, 0.5) is 5.69 Å². The van der Waals surface area contributed by atoms with E-state index in [1.807, 2.05) is 38.2 Å². The number of aliphatic hydroxyl groups is 1. The maximum Gasteiger partial charge on any atom is 0.227 e. The van der Waals surface area contributed by atoms with Crippen molar-refractivity contribution in [2.24, 2.45) is 7.05 Å². The van der Waals surface area contributed by atoms with Crippen molar-refractivity contribution < 1.29 is 26.6 Å². The topological polar surface area (TPSA) is 85.3 Å². The van der Waals surface area contributed by atoms with Gasteiger partial charge < -0.3 is 24.7 Å². The third kappa shape index (κ3) is 5.69. The molecule has 1 aliphatic rings. The van der Waals surface area contributed by atoms with Gasteiger partial charge in [-0.1, -0.05) is 30.3 Å². The average Bonchev–Trinajstić information content (AvgIpc) is 3.29. The zero-order chi connectivity index (χ0) is 24.9. The first kappa shape index (κ1) is 27.9. The molecule has 35 heavy (non-hydrogen) atoms. The Hall–Kier alpha value is -3.29. The summed E-state index contributed by atoms with van der Waals surface area (Å²) in [5.41, 5.74) is 6.35. The zero-order valence-electron chi connectivity index (χ0n) is 20.9. The Labute approximate surface area is 218 Å². The predicted molar refractivity (Wildman–Crippen MR) is 140 cm³/mol. The molecule has 3 N–H and O–H groups in total. The van der Waals surface area contributed by atoms with Crippen LogP contribution in [0.1, 0.15) is 36.4 Å². The Balaban J connectivity index is 0.000000332. The van der Waals surface area contributed by atoms with Gasteiger partial charge in [0.2, 0.25) is 5.90 Å². The van der Waals surface area contributed by atoms with Gasteiger partial charge in [-0.3, -0.25) is 5.41 Å². The Morgan fingerprint density at radius 1 is 1.11 bits per heavy atom. The van der Waals surface area contributed by atoms with E-state index in [1.165, 1.54) is 28.7 Å². The van der Waals surface area contributed by atoms with E-state index in [0.29, 0.717) is 5.69 Å². The second-order valence-electron chi connectivity index (χ2n) is 8.61. The molecule has 2 heterocycles. The number of rotatable bonds is 6. The second kappa shape index (κ2) is 11.9. The van der Waals surface area contributed by atoms with E-state index >= 15 is 0 Å². The number of anilines is 1. The van der Waals surface area contributed by atoms with Gasteiger partial charge in [0.05, 0.1) is 7.11 Å². The molecule has 0 saturated carbocycles. The molecule has 187 valence electrons. The van der Waals surface area contributed by atoms with Gasteiger partial charge in [0, 0.05) is 59.1 Å². The fourth-order valence-corrected chi connectivity index (χ4v) is 4.62. The van der Waals surface area contributed by atoms with Gasteiger partial charge >= 0.3 is 0 Å². The third-order valence-electron chi connectivity index (χ3n) is 6.52. The van der Waals surface area contributed by atoms with E-state index < -0.39 is 0 Å². The van der Waals surface area contributed by atoms with E-state index in [4.69, 9.17) is 20.7 Å². The number of nitrogens with zero attached hydrogens (tertiary/aromatic N) is 2. The van der Waals surface area contributed by atoms with Crippen LogP contribution in [0.5, 0.6) is 5.75 Å². The van der Waals surface area contributed by atoms with Crippen LogP contribution in [0.2, 0.25) is 0 Å². The molecule has 3 aromatic rings. The number of ether oxygens (including phenoxy) is 1. The minimum absolute atomic E-state index is 0. The van der Waals surface area contributed by atoms with E-state index in [1.54, 1.807) is 17.7 Å². The van der Waals surface area contributed by atoms with Crippen molar-refractivity contribution in [2.45, 2.75) is 32.6 Å². The Morgan fingerprint density at radius 2 is 1.80 bits per heavy atom. The summed E-state index contributed by atoms with van der Waals surface area (Å²) in [6.45, 7) is 7.22. The van der Waals surface area contributed by atoms with Gasteiger partial charge in [0.15, 0.2) is 0 Å². The molecule has 1 aliphatic heterocycles. The summed E-state index contributed by atoms with van der Waals surface area (Å²) >= 11 is 0. The van der Waals surface area contributed by atoms with Crippen LogP contribution in [-0.2, 0) is 35.7 Å². The van der Waals surface area contributed by atoms with Crippen LogP contribution < -0.4 is 9.64 Å². The molecule has 1 radical (unpaired) electrons. The first-order chi connectivity index (χ1) is 16.3. The minimum atomic E-state index is -0.379. The van der Waals surface area contributed by atoms with Crippen LogP contribution in [0.3, 0.4) is 0 Å². The van der Waals surface area contributed by atoms with Crippen molar-refractivity contribution in [3.05, 3.63) is 95.0 Å². The number of aryl methyl sites for hydroxylation is 1. The maximum atomic E-state index is 8.78. The molecule has 7 heteroatoms. The summed E-state index contributed by atoms with van der Waals surface area (Å²) in [4.78, 5) is 2.31. The number of benzene rings is 2. The molecule has 0 bridgehead atoms. The van der Waals surface area contributed by atoms with Crippen LogP contribution in [0.15, 0.2) is 72.4 Å². The van der Waals surface area contributed by atoms with E-state index in [9.17, 15) is 0 Å². The molecule has 0 spiro atoms. The fourth-order valence-electron chi connectivity index (χ4n) is 4.62. The molecule has 4 rings (SSSR count). The molecule has 0 fully saturated rings. The summed E-state index contributed by atoms with van der Waals surface area (Å²) in [5, 5.41) is 23.3. The summed E-state index contributed by atoms with van der Waals surface area (Å²) in [6.07, 6.45) is 4.22. The summed E-state index contributed by atoms with van der Waals surface area (Å²) in [5.74, 6) is 0.496. The number of hydrogen-bond acceptors (Lipinski definition) is 4. The summed E-state index contributed by atoms with van der Waals surface area (Å²) < 4.78 is 7.23. The second-order valence-corrected chi connectivity index (χ2v) is 8.61. The number of nitrogens with one attached hydrogen (secondary N) is 2. The predicted octanol–water partition coefficient (Wildman–Crippen LogP) is 5.78. The van der Waals surface area contributed by atoms with Gasteiger partial charge in [-0.15, -0.1) is 0 Å². The first-order valence-corrected chi connectivity index (χ1v) is 11.4. The van der Waals surface area contributed by atoms with Crippen molar-refractivity contribution in [1.82, 2.24) is 4.57 Å². The SMILES string of the molecule is CCN1/C(=C\C=N)C(C)(Cc2ccccc2)c2cc(OC)ccc21.Cc1ccc(C(=N)O)n1C.[Co]. The minimum Gasteiger partial charge on any atom is -0.497 e. The molecule has 0 aliphatic carbocycles. The Kier molecular flexibility index (Phi) is 9.51. The Bertz CT molecular complexity index is 1200. The average molecular weight is 518 g/mol. The van der Waals surface area contributed by atoms with Crippen molar-refractivity contribution >= 4 is 17.8 Å². The van der Waals surface area contributed by atoms with Crippen molar-refractivity contribution in [3.8, 4) is 5.75 Å². The molecule has 1 atom stereocenters. The number of allylic oxidation sites excluding steroid dienone is 2. The Morgan fingerprint density at radius 3 is 2.29 bits per heavy atom. The standard InChI is InChI=1S/C21H24N2O.C7H10N2O.Co/c1-4-23-19-11-10-17(24-3)14-18(19)21(2,20(23)12-13-22)15-16-8-6-5-7-9-16;1-5-3-4-6(7(8)10)9(5)2;/h5-14,22H,4,15H2,1-3H3;3-4H,1-2H3,(H2,8,10);/b20-12-,22-13?;;. The fraction of sp³-hybridized carbons (Fsp3) is 0.286. The number of fused-ring (bicyclic) bond motifs is 1. The number of hydrogen-bond donors (Lipinski definition) is 3. The van der Waals surface area contributed by atoms with Crippen LogP contribution >= 0.6 is 0 Å². The van der Waals surface area contributed by atoms with Crippen LogP contribution in [0, 0.1) is 17.7 Å². The number of likely N-dealkylation sites (N-methyl/N-ethyl adjacent to an activating group) is 1. The molecule has 0 saturated heterocycles. The van der Waals surface area contributed by atoms with Gasteiger partial charge in [-0.05, 0) is 74.7 Å². The third-order valence-corrected chi connectivity index (χ3v) is 6.52. The largest absolute Gasteiger partial charge is 0.497 e. The summed E-state index contributed by atoms with van der Waals surface area (Å²) in [7, 11) is 3.52. The molecular formula is C28H34CoN4O2. The molecular weight excluding hydrogens is 483 g/mol. The van der Waals surface area contributed by atoms with Gasteiger partial charge in [0.1, 0.15) is 11.4 Å². The van der Waals surface area contributed by atoms with E-state index in [0.717, 1.165) is 24.4 Å². The smallest absolute Gasteiger partial charge is 0.227 e. The molecule has 1 unspecified atom stereocenters. The zero-order valence-corrected chi connectivity index (χ0v) is 22.0. The van der Waals surface area contributed by atoms with Crippen LogP contribution in [-0.4, -0.2) is 35.4 Å².